The molecule has 0 atom stereocenters. The zero-order chi connectivity index (χ0) is 13.7. The minimum atomic E-state index is 0.653. The van der Waals surface area contributed by atoms with Crippen LogP contribution in [0.25, 0.3) is 0 Å². The normalized spacial score (nSPS) is 16.6. The predicted molar refractivity (Wildman–Crippen MR) is 79.8 cm³/mol. The van der Waals surface area contributed by atoms with E-state index in [1.807, 2.05) is 12.4 Å². The summed E-state index contributed by atoms with van der Waals surface area (Å²) < 4.78 is 5.49. The lowest BCUT2D eigenvalue weighted by molar-refractivity contribution is 0.385. The first-order valence-corrected chi connectivity index (χ1v) is 7.47. The topological polar surface area (TPSA) is 25.4 Å². The molecule has 2 rings (SSSR count). The highest BCUT2D eigenvalue weighted by Crippen LogP contribution is 2.33. The van der Waals surface area contributed by atoms with Crippen LogP contribution in [-0.2, 0) is 0 Å². The largest absolute Gasteiger partial charge is 0.493 e. The molecule has 3 heteroatoms. The van der Waals surface area contributed by atoms with Crippen molar-refractivity contribution in [2.45, 2.75) is 52.0 Å². The van der Waals surface area contributed by atoms with Crippen LogP contribution in [0.2, 0.25) is 0 Å². The summed E-state index contributed by atoms with van der Waals surface area (Å²) in [7, 11) is 1.73. The molecule has 19 heavy (non-hydrogen) atoms. The Bertz CT molecular complexity index is 386. The number of hydrogen-bond acceptors (Lipinski definition) is 3. The second-order valence-corrected chi connectivity index (χ2v) is 5.89. The minimum absolute atomic E-state index is 0.653. The maximum absolute atomic E-state index is 5.49. The first-order chi connectivity index (χ1) is 9.22. The lowest BCUT2D eigenvalue weighted by atomic mass is 9.93. The number of anilines is 1. The molecule has 1 aromatic heterocycles. The Morgan fingerprint density at radius 3 is 2.68 bits per heavy atom. The van der Waals surface area contributed by atoms with E-state index in [-0.39, 0.29) is 0 Å². The van der Waals surface area contributed by atoms with E-state index in [9.17, 15) is 0 Å². The van der Waals surface area contributed by atoms with Gasteiger partial charge in [-0.15, -0.1) is 0 Å². The highest BCUT2D eigenvalue weighted by molar-refractivity contribution is 5.57. The molecule has 0 amide bonds. The molecular weight excluding hydrogens is 236 g/mol. The van der Waals surface area contributed by atoms with Gasteiger partial charge >= 0.3 is 0 Å². The predicted octanol–water partition coefficient (Wildman–Crippen LogP) is 3.89. The average molecular weight is 262 g/mol. The second-order valence-electron chi connectivity index (χ2n) is 5.89. The smallest absolute Gasteiger partial charge is 0.160 e. The molecule has 0 saturated heterocycles. The summed E-state index contributed by atoms with van der Waals surface area (Å²) in [5.41, 5.74) is 1.21. The first-order valence-electron chi connectivity index (χ1n) is 7.47. The van der Waals surface area contributed by atoms with Crippen LogP contribution in [0, 0.1) is 5.92 Å². The summed E-state index contributed by atoms with van der Waals surface area (Å²) >= 11 is 0. The van der Waals surface area contributed by atoms with Gasteiger partial charge in [-0.2, -0.15) is 0 Å². The van der Waals surface area contributed by atoms with E-state index in [1.54, 1.807) is 7.11 Å². The minimum Gasteiger partial charge on any atom is -0.493 e. The van der Waals surface area contributed by atoms with Gasteiger partial charge in [-0.1, -0.05) is 33.1 Å². The Labute approximate surface area is 117 Å². The summed E-state index contributed by atoms with van der Waals surface area (Å²) in [5.74, 6) is 1.55. The molecule has 0 radical (unpaired) electrons. The summed E-state index contributed by atoms with van der Waals surface area (Å²) in [4.78, 5) is 6.72. The van der Waals surface area contributed by atoms with Crippen LogP contribution in [0.3, 0.4) is 0 Å². The molecule has 0 N–H and O–H groups in total. The fourth-order valence-corrected chi connectivity index (χ4v) is 3.00. The number of methoxy groups -OCH3 is 1. The van der Waals surface area contributed by atoms with Crippen molar-refractivity contribution in [3.8, 4) is 5.75 Å². The molecule has 1 heterocycles. The second kappa shape index (κ2) is 6.78. The lowest BCUT2D eigenvalue weighted by Crippen LogP contribution is -2.39. The SMILES string of the molecule is COc1cnccc1N(CC(C)C)C1CCCCC1. The number of nitrogens with zero attached hydrogens (tertiary/aromatic N) is 2. The molecule has 106 valence electrons. The lowest BCUT2D eigenvalue weighted by Gasteiger charge is -2.37. The molecule has 1 aliphatic rings. The number of ether oxygens (including phenoxy) is 1. The van der Waals surface area contributed by atoms with Crippen molar-refractivity contribution in [3.05, 3.63) is 18.5 Å². The molecule has 0 aromatic carbocycles. The van der Waals surface area contributed by atoms with E-state index in [4.69, 9.17) is 4.74 Å². The number of pyridine rings is 1. The Balaban J connectivity index is 2.25. The maximum Gasteiger partial charge on any atom is 0.160 e. The molecule has 0 bridgehead atoms. The van der Waals surface area contributed by atoms with E-state index in [1.165, 1.54) is 37.8 Å². The zero-order valence-electron chi connectivity index (χ0n) is 12.4. The third-order valence-electron chi connectivity index (χ3n) is 3.87. The highest BCUT2D eigenvalue weighted by atomic mass is 16.5. The Kier molecular flexibility index (Phi) is 5.06. The fourth-order valence-electron chi connectivity index (χ4n) is 3.00. The van der Waals surface area contributed by atoms with Crippen LogP contribution < -0.4 is 9.64 Å². The third-order valence-corrected chi connectivity index (χ3v) is 3.87. The van der Waals surface area contributed by atoms with Crippen LogP contribution in [0.15, 0.2) is 18.5 Å². The van der Waals surface area contributed by atoms with Crippen molar-refractivity contribution in [3.63, 3.8) is 0 Å². The molecular formula is C16H26N2O. The average Bonchev–Trinajstić information content (AvgIpc) is 2.45. The van der Waals surface area contributed by atoms with Crippen LogP contribution in [-0.4, -0.2) is 24.7 Å². The molecule has 0 unspecified atom stereocenters. The monoisotopic (exact) mass is 262 g/mol. The maximum atomic E-state index is 5.49. The standard InChI is InChI=1S/C16H26N2O/c1-13(2)12-18(14-7-5-4-6-8-14)15-9-10-17-11-16(15)19-3/h9-11,13-14H,4-8,12H2,1-3H3. The van der Waals surface area contributed by atoms with E-state index in [0.717, 1.165) is 12.3 Å². The molecule has 0 spiro atoms. The summed E-state index contributed by atoms with van der Waals surface area (Å²) in [6.45, 7) is 5.65. The van der Waals surface area contributed by atoms with Gasteiger partial charge in [0.2, 0.25) is 0 Å². The van der Waals surface area contributed by atoms with Crippen molar-refractivity contribution in [1.82, 2.24) is 4.98 Å². The fraction of sp³-hybridized carbons (Fsp3) is 0.688. The van der Waals surface area contributed by atoms with Crippen LogP contribution >= 0.6 is 0 Å². The molecule has 1 saturated carbocycles. The molecule has 1 fully saturated rings. The number of aromatic nitrogens is 1. The molecule has 3 nitrogen and oxygen atoms in total. The van der Waals surface area contributed by atoms with Gasteiger partial charge in [-0.25, -0.2) is 0 Å². The van der Waals surface area contributed by atoms with E-state index in [0.29, 0.717) is 12.0 Å². The van der Waals surface area contributed by atoms with E-state index in [2.05, 4.69) is 29.8 Å². The Morgan fingerprint density at radius 2 is 2.05 bits per heavy atom. The van der Waals surface area contributed by atoms with Gasteiger partial charge in [-0.05, 0) is 24.8 Å². The van der Waals surface area contributed by atoms with Gasteiger partial charge in [-0.3, -0.25) is 4.98 Å². The summed E-state index contributed by atoms with van der Waals surface area (Å²) in [6.07, 6.45) is 10.4. The van der Waals surface area contributed by atoms with Crippen LogP contribution in [0.1, 0.15) is 46.0 Å². The third kappa shape index (κ3) is 3.62. The van der Waals surface area contributed by atoms with Crippen LogP contribution in [0.5, 0.6) is 5.75 Å². The zero-order valence-corrected chi connectivity index (χ0v) is 12.4. The van der Waals surface area contributed by atoms with Crippen molar-refractivity contribution in [2.75, 3.05) is 18.6 Å². The Morgan fingerprint density at radius 1 is 1.32 bits per heavy atom. The Hall–Kier alpha value is -1.25. The van der Waals surface area contributed by atoms with Crippen molar-refractivity contribution in [2.24, 2.45) is 5.92 Å². The van der Waals surface area contributed by atoms with Gasteiger partial charge < -0.3 is 9.64 Å². The van der Waals surface area contributed by atoms with Crippen molar-refractivity contribution in [1.29, 1.82) is 0 Å². The van der Waals surface area contributed by atoms with E-state index >= 15 is 0 Å². The summed E-state index contributed by atoms with van der Waals surface area (Å²) in [6, 6.07) is 2.75. The van der Waals surface area contributed by atoms with Gasteiger partial charge in [0.05, 0.1) is 19.0 Å². The van der Waals surface area contributed by atoms with Crippen molar-refractivity contribution >= 4 is 5.69 Å². The number of rotatable bonds is 5. The summed E-state index contributed by atoms with van der Waals surface area (Å²) in [5, 5.41) is 0. The van der Waals surface area contributed by atoms with E-state index < -0.39 is 0 Å². The number of hydrogen-bond donors (Lipinski definition) is 0. The van der Waals surface area contributed by atoms with Gasteiger partial charge in [0, 0.05) is 18.8 Å². The van der Waals surface area contributed by atoms with Gasteiger partial charge in [0.25, 0.3) is 0 Å². The highest BCUT2D eigenvalue weighted by Gasteiger charge is 2.24. The first kappa shape index (κ1) is 14.2. The molecule has 1 aliphatic carbocycles. The molecule has 1 aromatic rings. The quantitative estimate of drug-likeness (QED) is 0.805. The van der Waals surface area contributed by atoms with Crippen LogP contribution in [0.4, 0.5) is 5.69 Å². The van der Waals surface area contributed by atoms with Crippen molar-refractivity contribution < 1.29 is 4.74 Å². The van der Waals surface area contributed by atoms with Gasteiger partial charge in [0.15, 0.2) is 5.75 Å². The molecule has 0 aliphatic heterocycles. The van der Waals surface area contributed by atoms with Gasteiger partial charge in [0.1, 0.15) is 0 Å².